The zero-order valence-corrected chi connectivity index (χ0v) is 14.8. The number of aryl methyl sites for hydroxylation is 2. The minimum atomic E-state index is -0.0351. The van der Waals surface area contributed by atoms with Crippen molar-refractivity contribution in [3.63, 3.8) is 0 Å². The van der Waals surface area contributed by atoms with Crippen LogP contribution in [0, 0.1) is 12.8 Å². The first-order valence-corrected chi connectivity index (χ1v) is 8.70. The molecule has 1 aliphatic heterocycles. The SMILES string of the molecule is COc1ccc(C2[C@H]3CCc4ccc(C)cc4C3=NN2C(C)=O)cc1. The van der Waals surface area contributed by atoms with Gasteiger partial charge in [0.05, 0.1) is 18.9 Å². The summed E-state index contributed by atoms with van der Waals surface area (Å²) >= 11 is 0. The van der Waals surface area contributed by atoms with Crippen molar-refractivity contribution in [3.05, 3.63) is 64.7 Å². The van der Waals surface area contributed by atoms with Crippen molar-refractivity contribution in [1.82, 2.24) is 5.01 Å². The molecule has 0 saturated carbocycles. The third-order valence-electron chi connectivity index (χ3n) is 5.26. The second-order valence-corrected chi connectivity index (χ2v) is 6.87. The minimum absolute atomic E-state index is 0.0167. The second-order valence-electron chi connectivity index (χ2n) is 6.87. The van der Waals surface area contributed by atoms with E-state index in [-0.39, 0.29) is 17.9 Å². The summed E-state index contributed by atoms with van der Waals surface area (Å²) < 4.78 is 5.26. The molecule has 0 aromatic heterocycles. The normalized spacial score (nSPS) is 21.4. The smallest absolute Gasteiger partial charge is 0.240 e. The summed E-state index contributed by atoms with van der Waals surface area (Å²) in [6, 6.07) is 14.5. The average Bonchev–Trinajstić information content (AvgIpc) is 3.02. The molecule has 1 unspecified atom stereocenters. The number of hydrazone groups is 1. The van der Waals surface area contributed by atoms with E-state index in [0.717, 1.165) is 29.9 Å². The molecule has 2 aromatic rings. The molecule has 1 amide bonds. The molecule has 2 atom stereocenters. The van der Waals surface area contributed by atoms with Crippen LogP contribution in [-0.2, 0) is 11.2 Å². The molecule has 2 aromatic carbocycles. The summed E-state index contributed by atoms with van der Waals surface area (Å²) in [4.78, 5) is 12.3. The predicted octanol–water partition coefficient (Wildman–Crippen LogP) is 3.87. The van der Waals surface area contributed by atoms with Crippen LogP contribution in [0.5, 0.6) is 5.75 Å². The van der Waals surface area contributed by atoms with Crippen molar-refractivity contribution < 1.29 is 9.53 Å². The highest BCUT2D eigenvalue weighted by Crippen LogP contribution is 2.43. The predicted molar refractivity (Wildman–Crippen MR) is 97.8 cm³/mol. The molecule has 1 aliphatic carbocycles. The van der Waals surface area contributed by atoms with E-state index in [4.69, 9.17) is 9.84 Å². The number of fused-ring (bicyclic) bond motifs is 3. The van der Waals surface area contributed by atoms with Gasteiger partial charge in [-0.2, -0.15) is 5.10 Å². The van der Waals surface area contributed by atoms with Gasteiger partial charge in [-0.1, -0.05) is 29.8 Å². The summed E-state index contributed by atoms with van der Waals surface area (Å²) in [7, 11) is 1.66. The fourth-order valence-electron chi connectivity index (χ4n) is 4.02. The van der Waals surface area contributed by atoms with Gasteiger partial charge >= 0.3 is 0 Å². The van der Waals surface area contributed by atoms with Crippen molar-refractivity contribution >= 4 is 11.6 Å². The van der Waals surface area contributed by atoms with Crippen molar-refractivity contribution in [3.8, 4) is 5.75 Å². The number of rotatable bonds is 2. The number of nitrogens with zero attached hydrogens (tertiary/aromatic N) is 2. The third-order valence-corrected chi connectivity index (χ3v) is 5.26. The highest BCUT2D eigenvalue weighted by molar-refractivity contribution is 6.06. The van der Waals surface area contributed by atoms with Crippen LogP contribution < -0.4 is 4.74 Å². The van der Waals surface area contributed by atoms with Crippen molar-refractivity contribution in [1.29, 1.82) is 0 Å². The van der Waals surface area contributed by atoms with Gasteiger partial charge in [0.25, 0.3) is 0 Å². The van der Waals surface area contributed by atoms with Crippen LogP contribution in [0.15, 0.2) is 47.6 Å². The highest BCUT2D eigenvalue weighted by atomic mass is 16.5. The summed E-state index contributed by atoms with van der Waals surface area (Å²) in [5, 5.41) is 6.43. The molecule has 4 heteroatoms. The molecule has 0 saturated heterocycles. The average molecular weight is 334 g/mol. The van der Waals surface area contributed by atoms with Crippen molar-refractivity contribution in [2.45, 2.75) is 32.7 Å². The van der Waals surface area contributed by atoms with E-state index in [2.05, 4.69) is 25.1 Å². The first-order chi connectivity index (χ1) is 12.1. The molecule has 0 N–H and O–H groups in total. The van der Waals surface area contributed by atoms with Gasteiger partial charge in [-0.25, -0.2) is 5.01 Å². The fraction of sp³-hybridized carbons (Fsp3) is 0.333. The lowest BCUT2D eigenvalue weighted by atomic mass is 9.77. The van der Waals surface area contributed by atoms with Crippen molar-refractivity contribution in [2.75, 3.05) is 7.11 Å². The maximum atomic E-state index is 12.3. The Morgan fingerprint density at radius 3 is 2.64 bits per heavy atom. The molecule has 128 valence electrons. The molecule has 25 heavy (non-hydrogen) atoms. The first-order valence-electron chi connectivity index (χ1n) is 8.70. The van der Waals surface area contributed by atoms with E-state index in [1.165, 1.54) is 16.7 Å². The van der Waals surface area contributed by atoms with Gasteiger partial charge in [-0.15, -0.1) is 0 Å². The Bertz CT molecular complexity index is 855. The number of hydrogen-bond donors (Lipinski definition) is 0. The number of hydrogen-bond acceptors (Lipinski definition) is 3. The molecule has 0 bridgehead atoms. The standard InChI is InChI=1S/C21H22N2O2/c1-13-4-5-15-8-11-18-20(19(15)12-13)22-23(14(2)24)21(18)16-6-9-17(25-3)10-7-16/h4-7,9-10,12,18,21H,8,11H2,1-3H3/t18-,21?/m0/s1. The zero-order valence-electron chi connectivity index (χ0n) is 14.8. The maximum Gasteiger partial charge on any atom is 0.240 e. The Morgan fingerprint density at radius 2 is 1.96 bits per heavy atom. The molecular weight excluding hydrogens is 312 g/mol. The Hall–Kier alpha value is -2.62. The zero-order chi connectivity index (χ0) is 17.6. The van der Waals surface area contributed by atoms with Crippen LogP contribution in [0.25, 0.3) is 0 Å². The minimum Gasteiger partial charge on any atom is -0.497 e. The Labute approximate surface area is 148 Å². The van der Waals surface area contributed by atoms with Crippen LogP contribution in [0.2, 0.25) is 0 Å². The number of amides is 1. The lowest BCUT2D eigenvalue weighted by Gasteiger charge is -2.29. The van der Waals surface area contributed by atoms with Gasteiger partial charge in [0, 0.05) is 18.4 Å². The lowest BCUT2D eigenvalue weighted by Crippen LogP contribution is -2.31. The topological polar surface area (TPSA) is 41.9 Å². The number of carbonyl (C=O) groups excluding carboxylic acids is 1. The first kappa shape index (κ1) is 15.9. The van der Waals surface area contributed by atoms with Gasteiger partial charge < -0.3 is 4.74 Å². The fourth-order valence-corrected chi connectivity index (χ4v) is 4.02. The summed E-state index contributed by atoms with van der Waals surface area (Å²) in [5.41, 5.74) is 5.93. The van der Waals surface area contributed by atoms with Crippen LogP contribution in [0.4, 0.5) is 0 Å². The van der Waals surface area contributed by atoms with Crippen LogP contribution in [-0.4, -0.2) is 23.7 Å². The van der Waals surface area contributed by atoms with E-state index in [1.54, 1.807) is 19.0 Å². The number of benzene rings is 2. The lowest BCUT2D eigenvalue weighted by molar-refractivity contribution is -0.131. The van der Waals surface area contributed by atoms with E-state index in [9.17, 15) is 4.79 Å². The molecule has 4 nitrogen and oxygen atoms in total. The summed E-state index contributed by atoms with van der Waals surface area (Å²) in [6.07, 6.45) is 2.03. The van der Waals surface area contributed by atoms with Gasteiger partial charge in [0.1, 0.15) is 5.75 Å². The Balaban J connectivity index is 1.78. The van der Waals surface area contributed by atoms with Gasteiger partial charge in [-0.3, -0.25) is 4.79 Å². The number of carbonyl (C=O) groups is 1. The summed E-state index contributed by atoms with van der Waals surface area (Å²) in [5.74, 6) is 1.05. The monoisotopic (exact) mass is 334 g/mol. The number of ether oxygens (including phenoxy) is 1. The van der Waals surface area contributed by atoms with E-state index >= 15 is 0 Å². The molecule has 0 radical (unpaired) electrons. The van der Waals surface area contributed by atoms with E-state index < -0.39 is 0 Å². The molecule has 2 aliphatic rings. The Morgan fingerprint density at radius 1 is 1.20 bits per heavy atom. The molecule has 0 spiro atoms. The third kappa shape index (κ3) is 2.62. The number of methoxy groups -OCH3 is 1. The largest absolute Gasteiger partial charge is 0.497 e. The molecule has 4 rings (SSSR count). The van der Waals surface area contributed by atoms with E-state index in [0.29, 0.717) is 0 Å². The molecule has 0 fully saturated rings. The van der Waals surface area contributed by atoms with Gasteiger partial charge in [0.2, 0.25) is 5.91 Å². The maximum absolute atomic E-state index is 12.3. The molecular formula is C21H22N2O2. The van der Waals surface area contributed by atoms with E-state index in [1.807, 2.05) is 24.3 Å². The van der Waals surface area contributed by atoms with Crippen molar-refractivity contribution in [2.24, 2.45) is 11.0 Å². The van der Waals surface area contributed by atoms with Crippen LogP contribution in [0.1, 0.15) is 41.6 Å². The second kappa shape index (κ2) is 6.03. The molecule has 1 heterocycles. The van der Waals surface area contributed by atoms with Gasteiger partial charge in [-0.05, 0) is 49.1 Å². The van der Waals surface area contributed by atoms with Crippen LogP contribution in [0.3, 0.4) is 0 Å². The summed E-state index contributed by atoms with van der Waals surface area (Å²) in [6.45, 7) is 3.69. The van der Waals surface area contributed by atoms with Gasteiger partial charge in [0.15, 0.2) is 0 Å². The Kier molecular flexibility index (Phi) is 3.83. The van der Waals surface area contributed by atoms with Crippen LogP contribution >= 0.6 is 0 Å². The highest BCUT2D eigenvalue weighted by Gasteiger charge is 2.42. The quantitative estimate of drug-likeness (QED) is 0.836.